The first-order valence-electron chi connectivity index (χ1n) is 8.38. The Morgan fingerprint density at radius 3 is 2.48 bits per heavy atom. The van der Waals surface area contributed by atoms with Crippen molar-refractivity contribution in [1.29, 1.82) is 0 Å². The Kier molecular flexibility index (Phi) is 5.66. The number of aliphatic imine (C=N–C) groups is 1. The van der Waals surface area contributed by atoms with Gasteiger partial charge in [-0.15, -0.1) is 0 Å². The van der Waals surface area contributed by atoms with Gasteiger partial charge in [0, 0.05) is 24.1 Å². The molecule has 0 aliphatic carbocycles. The molecule has 1 aliphatic rings. The molecule has 2 aromatic rings. The van der Waals surface area contributed by atoms with E-state index in [9.17, 15) is 18.0 Å². The lowest BCUT2D eigenvalue weighted by Gasteiger charge is -2.04. The Morgan fingerprint density at radius 2 is 1.70 bits per heavy atom. The van der Waals surface area contributed by atoms with E-state index in [1.165, 1.54) is 6.07 Å². The summed E-state index contributed by atoms with van der Waals surface area (Å²) in [7, 11) is -3.56. The molecule has 1 N–H and O–H groups in total. The van der Waals surface area contributed by atoms with Crippen LogP contribution in [0.2, 0.25) is 0 Å². The minimum absolute atomic E-state index is 0.0905. The molecule has 1 heterocycles. The molecule has 0 amide bonds. The molecule has 0 fully saturated rings. The second-order valence-electron chi connectivity index (χ2n) is 5.89. The fraction of sp³-hybridized carbons (Fsp3) is 0.211. The Hall–Kier alpha value is -3.00. The minimum Gasteiger partial charge on any atom is -0.457 e. The number of hydrogen-bond donors (Lipinski definition) is 1. The Labute approximate surface area is 157 Å². The van der Waals surface area contributed by atoms with Crippen LogP contribution < -0.4 is 4.72 Å². The maximum atomic E-state index is 12.0. The average molecular weight is 386 g/mol. The van der Waals surface area contributed by atoms with Crippen LogP contribution >= 0.6 is 0 Å². The number of nitrogens with one attached hydrogen (secondary N) is 1. The zero-order valence-corrected chi connectivity index (χ0v) is 15.2. The third kappa shape index (κ3) is 4.59. The fourth-order valence-electron chi connectivity index (χ4n) is 2.59. The van der Waals surface area contributed by atoms with Crippen molar-refractivity contribution in [2.75, 3.05) is 13.2 Å². The lowest BCUT2D eigenvalue weighted by molar-refractivity contribution is -0.142. The third-order valence-electron chi connectivity index (χ3n) is 3.93. The van der Waals surface area contributed by atoms with Crippen LogP contribution in [0.1, 0.15) is 28.8 Å². The molecule has 0 bridgehead atoms. The van der Waals surface area contributed by atoms with E-state index in [1.807, 2.05) is 0 Å². The summed E-state index contributed by atoms with van der Waals surface area (Å²) in [5, 5.41) is 0. The molecule has 0 spiro atoms. The summed E-state index contributed by atoms with van der Waals surface area (Å²) in [6.45, 7) is -0.0432. The van der Waals surface area contributed by atoms with Gasteiger partial charge >= 0.3 is 5.97 Å². The number of hydrogen-bond acceptors (Lipinski definition) is 6. The van der Waals surface area contributed by atoms with E-state index in [0.717, 1.165) is 0 Å². The van der Waals surface area contributed by atoms with Crippen molar-refractivity contribution in [1.82, 2.24) is 4.72 Å². The van der Waals surface area contributed by atoms with Crippen LogP contribution in [0, 0.1) is 0 Å². The van der Waals surface area contributed by atoms with E-state index < -0.39 is 16.0 Å². The van der Waals surface area contributed by atoms with Crippen molar-refractivity contribution in [3.8, 4) is 0 Å². The van der Waals surface area contributed by atoms with Crippen LogP contribution in [0.3, 0.4) is 0 Å². The number of esters is 1. The van der Waals surface area contributed by atoms with E-state index in [0.29, 0.717) is 17.5 Å². The van der Waals surface area contributed by atoms with Gasteiger partial charge < -0.3 is 4.74 Å². The highest BCUT2D eigenvalue weighted by atomic mass is 32.2. The van der Waals surface area contributed by atoms with E-state index in [-0.39, 0.29) is 36.1 Å². The highest BCUT2D eigenvalue weighted by Crippen LogP contribution is 2.22. The number of rotatable bonds is 7. The maximum Gasteiger partial charge on any atom is 0.306 e. The summed E-state index contributed by atoms with van der Waals surface area (Å²) in [4.78, 5) is 28.0. The molecular formula is C19H18N2O5S. The lowest BCUT2D eigenvalue weighted by Crippen LogP contribution is -2.22. The van der Waals surface area contributed by atoms with Crippen molar-refractivity contribution >= 4 is 27.6 Å². The van der Waals surface area contributed by atoms with Crippen molar-refractivity contribution in [3.63, 3.8) is 0 Å². The number of nitrogens with zero attached hydrogens (tertiary/aromatic N) is 1. The molecule has 0 saturated heterocycles. The number of ketones is 1. The van der Waals surface area contributed by atoms with Crippen molar-refractivity contribution in [2.24, 2.45) is 4.99 Å². The largest absolute Gasteiger partial charge is 0.457 e. The Balaban J connectivity index is 1.46. The van der Waals surface area contributed by atoms with Crippen molar-refractivity contribution < 1.29 is 22.7 Å². The molecule has 0 atom stereocenters. The van der Waals surface area contributed by atoms with Crippen LogP contribution in [0.15, 0.2) is 64.5 Å². The van der Waals surface area contributed by atoms with Crippen LogP contribution in [-0.4, -0.2) is 39.2 Å². The number of sulfonamides is 1. The topological polar surface area (TPSA) is 102 Å². The molecule has 27 heavy (non-hydrogen) atoms. The van der Waals surface area contributed by atoms with Gasteiger partial charge in [-0.05, 0) is 18.6 Å². The molecule has 2 aromatic carbocycles. The average Bonchev–Trinajstić information content (AvgIpc) is 2.95. The zero-order chi connectivity index (χ0) is 19.3. The molecule has 0 saturated carbocycles. The summed E-state index contributed by atoms with van der Waals surface area (Å²) in [6.07, 6.45) is 0.471. The molecule has 1 aliphatic heterocycles. The summed E-state index contributed by atoms with van der Waals surface area (Å²) in [6, 6.07) is 15.2. The van der Waals surface area contributed by atoms with Gasteiger partial charge in [-0.3, -0.25) is 19.3 Å². The number of carbonyl (C=O) groups is 2. The van der Waals surface area contributed by atoms with Crippen LogP contribution in [-0.2, 0) is 19.6 Å². The number of ether oxygens (including phenoxy) is 1. The van der Waals surface area contributed by atoms with E-state index in [1.54, 1.807) is 48.5 Å². The third-order valence-corrected chi connectivity index (χ3v) is 5.33. The molecule has 7 nitrogen and oxygen atoms in total. The number of amidine groups is 1. The lowest BCUT2D eigenvalue weighted by atomic mass is 10.1. The van der Waals surface area contributed by atoms with Crippen LogP contribution in [0.4, 0.5) is 0 Å². The summed E-state index contributed by atoms with van der Waals surface area (Å²) in [5.41, 5.74) is 1.01. The second kappa shape index (κ2) is 8.13. The molecule has 0 unspecified atom stereocenters. The molecular weight excluding hydrogens is 368 g/mol. The summed E-state index contributed by atoms with van der Waals surface area (Å²) >= 11 is 0. The first kappa shape index (κ1) is 18.8. The van der Waals surface area contributed by atoms with Gasteiger partial charge in [0.25, 0.3) is 10.0 Å². The van der Waals surface area contributed by atoms with Gasteiger partial charge in [0.2, 0.25) is 0 Å². The monoisotopic (exact) mass is 386 g/mol. The zero-order valence-electron chi connectivity index (χ0n) is 14.4. The second-order valence-corrected chi connectivity index (χ2v) is 7.54. The van der Waals surface area contributed by atoms with Gasteiger partial charge in [0.05, 0.1) is 4.90 Å². The van der Waals surface area contributed by atoms with Crippen molar-refractivity contribution in [2.45, 2.75) is 17.7 Å². The van der Waals surface area contributed by atoms with Gasteiger partial charge in [-0.2, -0.15) is 0 Å². The fourth-order valence-corrected chi connectivity index (χ4v) is 3.84. The summed E-state index contributed by atoms with van der Waals surface area (Å²) < 4.78 is 31.3. The van der Waals surface area contributed by atoms with E-state index in [4.69, 9.17) is 4.74 Å². The Morgan fingerprint density at radius 1 is 1.00 bits per heavy atom. The van der Waals surface area contributed by atoms with Crippen LogP contribution in [0.5, 0.6) is 0 Å². The van der Waals surface area contributed by atoms with Gasteiger partial charge in [-0.1, -0.05) is 42.5 Å². The number of benzene rings is 2. The number of fused-ring (bicyclic) bond motifs is 1. The predicted octanol–water partition coefficient (Wildman–Crippen LogP) is 1.93. The van der Waals surface area contributed by atoms with Gasteiger partial charge in [0.15, 0.2) is 12.4 Å². The first-order valence-corrected chi connectivity index (χ1v) is 9.86. The molecule has 140 valence electrons. The first-order chi connectivity index (χ1) is 13.0. The standard InChI is InChI=1S/C19H18N2O5S/c22-16(14-7-2-1-3-8-14)13-26-18(23)11-6-12-20-19-15-9-4-5-10-17(15)27(24,25)21-19/h1-5,7-10H,6,11-13H2,(H,20,21). The van der Waals surface area contributed by atoms with Crippen molar-refractivity contribution in [3.05, 3.63) is 65.7 Å². The van der Waals surface area contributed by atoms with E-state index in [2.05, 4.69) is 9.71 Å². The Bertz CT molecular complexity index is 984. The van der Waals surface area contributed by atoms with Gasteiger partial charge in [-0.25, -0.2) is 8.42 Å². The highest BCUT2D eigenvalue weighted by molar-refractivity contribution is 7.90. The number of carbonyl (C=O) groups excluding carboxylic acids is 2. The number of Topliss-reactive ketones (excluding diaryl/α,β-unsaturated/α-hetero) is 1. The van der Waals surface area contributed by atoms with E-state index >= 15 is 0 Å². The molecule has 8 heteroatoms. The quantitative estimate of drug-likeness (QED) is 0.445. The summed E-state index contributed by atoms with van der Waals surface area (Å²) in [5.74, 6) is -0.480. The molecule has 3 rings (SSSR count). The van der Waals surface area contributed by atoms with Crippen LogP contribution in [0.25, 0.3) is 0 Å². The molecule has 0 aromatic heterocycles. The maximum absolute atomic E-state index is 12.0. The minimum atomic E-state index is -3.56. The van der Waals surface area contributed by atoms with Gasteiger partial charge in [0.1, 0.15) is 5.84 Å². The predicted molar refractivity (Wildman–Crippen MR) is 99.1 cm³/mol. The molecule has 0 radical (unpaired) electrons. The smallest absolute Gasteiger partial charge is 0.306 e. The highest BCUT2D eigenvalue weighted by Gasteiger charge is 2.29. The SMILES string of the molecule is O=C(CCCN=C1NS(=O)(=O)c2ccccc21)OCC(=O)c1ccccc1. The normalized spacial score (nSPS) is 15.8.